The quantitative estimate of drug-likeness (QED) is 0.452. The monoisotopic (exact) mass is 256 g/mol. The number of phenols is 2. The first-order chi connectivity index (χ1) is 6.45. The molecule has 0 radical (unpaired) electrons. The van der Waals surface area contributed by atoms with Gasteiger partial charge in [-0.15, -0.1) is 0 Å². The van der Waals surface area contributed by atoms with Gasteiger partial charge in [0.2, 0.25) is 0 Å². The number of aromatic carboxylic acids is 2. The van der Waals surface area contributed by atoms with Crippen LogP contribution in [0.1, 0.15) is 20.7 Å². The molecule has 6 nitrogen and oxygen atoms in total. The fourth-order valence-electron chi connectivity index (χ4n) is 0.975. The van der Waals surface area contributed by atoms with Gasteiger partial charge in [0.15, 0.2) is 11.5 Å². The molecule has 0 aliphatic carbocycles. The van der Waals surface area contributed by atoms with Crippen molar-refractivity contribution in [1.82, 2.24) is 0 Å². The number of aromatic hydroxyl groups is 2. The number of hydrogen-bond acceptors (Lipinski definition) is 4. The zero-order chi connectivity index (χ0) is 10.9. The maximum Gasteiger partial charge on any atom is 0.340 e. The first kappa shape index (κ1) is 13.3. The first-order valence-electron chi connectivity index (χ1n) is 3.46. The van der Waals surface area contributed by atoms with Crippen molar-refractivity contribution in [3.63, 3.8) is 0 Å². The number of phenolic OH excluding ortho intramolecular Hbond substituents is 1. The molecule has 0 spiro atoms. The second-order valence-electron chi connectivity index (χ2n) is 2.47. The predicted octanol–water partition coefficient (Wildman–Crippen LogP) is 0.492. The zero-order valence-corrected chi connectivity index (χ0v) is 8.06. The summed E-state index contributed by atoms with van der Waals surface area (Å²) < 4.78 is 0. The van der Waals surface area contributed by atoms with Gasteiger partial charge >= 0.3 is 11.9 Å². The van der Waals surface area contributed by atoms with E-state index in [0.29, 0.717) is 0 Å². The van der Waals surface area contributed by atoms with Crippen LogP contribution in [-0.2, 0) is 16.5 Å². The van der Waals surface area contributed by atoms with Crippen LogP contribution in [0.3, 0.4) is 0 Å². The van der Waals surface area contributed by atoms with Gasteiger partial charge in [0.05, 0.1) is 5.56 Å². The summed E-state index contributed by atoms with van der Waals surface area (Å²) in [7, 11) is 0. The fourth-order valence-corrected chi connectivity index (χ4v) is 0.975. The summed E-state index contributed by atoms with van der Waals surface area (Å²) in [6, 6.07) is 1.81. The largest absolute Gasteiger partial charge is 0.504 e. The van der Waals surface area contributed by atoms with Crippen LogP contribution in [0.2, 0.25) is 0 Å². The summed E-state index contributed by atoms with van der Waals surface area (Å²) in [6.45, 7) is 0. The molecule has 4 N–H and O–H groups in total. The van der Waals surface area contributed by atoms with Crippen LogP contribution in [0.4, 0.5) is 0 Å². The maximum atomic E-state index is 10.6. The van der Waals surface area contributed by atoms with E-state index in [4.69, 9.17) is 20.4 Å². The molecule has 15 heavy (non-hydrogen) atoms. The number of rotatable bonds is 2. The van der Waals surface area contributed by atoms with E-state index < -0.39 is 34.6 Å². The van der Waals surface area contributed by atoms with Crippen molar-refractivity contribution in [2.24, 2.45) is 0 Å². The molecule has 0 atom stereocenters. The summed E-state index contributed by atoms with van der Waals surface area (Å²) in [4.78, 5) is 21.1. The molecule has 1 rings (SSSR count). The van der Waals surface area contributed by atoms with Crippen LogP contribution in [0.25, 0.3) is 0 Å². The van der Waals surface area contributed by atoms with Crippen molar-refractivity contribution in [2.75, 3.05) is 0 Å². The van der Waals surface area contributed by atoms with Crippen molar-refractivity contribution in [1.29, 1.82) is 0 Å². The van der Waals surface area contributed by atoms with E-state index in [1.54, 1.807) is 0 Å². The van der Waals surface area contributed by atoms with Gasteiger partial charge in [-0.1, -0.05) is 0 Å². The smallest absolute Gasteiger partial charge is 0.340 e. The van der Waals surface area contributed by atoms with Crippen LogP contribution >= 0.6 is 0 Å². The van der Waals surface area contributed by atoms with Crippen LogP contribution in [0.15, 0.2) is 12.1 Å². The number of carboxylic acids is 2. The van der Waals surface area contributed by atoms with E-state index in [-0.39, 0.29) is 16.5 Å². The second-order valence-corrected chi connectivity index (χ2v) is 2.47. The minimum Gasteiger partial charge on any atom is -0.504 e. The Labute approximate surface area is 93.7 Å². The molecule has 0 bridgehead atoms. The molecule has 7 heteroatoms. The molecular formula is C8H6NiO6. The molecule has 0 fully saturated rings. The van der Waals surface area contributed by atoms with Crippen molar-refractivity contribution in [3.05, 3.63) is 23.3 Å². The SMILES string of the molecule is O=C(O)c1ccc(O)c(O)c1C(=O)O.[Ni]. The third-order valence-corrected chi connectivity index (χ3v) is 1.60. The van der Waals surface area contributed by atoms with Crippen LogP contribution in [-0.4, -0.2) is 32.4 Å². The molecule has 1 aromatic rings. The molecule has 0 heterocycles. The zero-order valence-electron chi connectivity index (χ0n) is 7.08. The van der Waals surface area contributed by atoms with E-state index in [1.807, 2.05) is 0 Å². The Kier molecular flexibility index (Phi) is 4.12. The van der Waals surface area contributed by atoms with Gasteiger partial charge in [0, 0.05) is 16.5 Å². The molecule has 84 valence electrons. The number of benzene rings is 1. The molecule has 0 aliphatic rings. The second kappa shape index (κ2) is 4.66. The van der Waals surface area contributed by atoms with E-state index in [1.165, 1.54) is 0 Å². The number of carbonyl (C=O) groups is 2. The van der Waals surface area contributed by atoms with E-state index >= 15 is 0 Å². The van der Waals surface area contributed by atoms with Crippen LogP contribution in [0.5, 0.6) is 11.5 Å². The maximum absolute atomic E-state index is 10.6. The molecule has 0 aromatic heterocycles. The molecule has 0 amide bonds. The summed E-state index contributed by atoms with van der Waals surface area (Å²) in [5, 5.41) is 35.2. The normalized spacial score (nSPS) is 9.07. The van der Waals surface area contributed by atoms with Gasteiger partial charge < -0.3 is 20.4 Å². The average molecular weight is 257 g/mol. The number of hydrogen-bond donors (Lipinski definition) is 4. The fraction of sp³-hybridized carbons (Fsp3) is 0. The predicted molar refractivity (Wildman–Crippen MR) is 43.7 cm³/mol. The van der Waals surface area contributed by atoms with Gasteiger partial charge in [-0.05, 0) is 12.1 Å². The Balaban J connectivity index is 0.00000196. The summed E-state index contributed by atoms with van der Waals surface area (Å²) in [6.07, 6.45) is 0. The van der Waals surface area contributed by atoms with E-state index in [0.717, 1.165) is 12.1 Å². The third kappa shape index (κ3) is 2.38. The summed E-state index contributed by atoms with van der Waals surface area (Å²) in [5.74, 6) is -4.72. The Morgan fingerprint density at radius 1 is 1.00 bits per heavy atom. The first-order valence-corrected chi connectivity index (χ1v) is 3.46. The Morgan fingerprint density at radius 2 is 1.53 bits per heavy atom. The molecular weight excluding hydrogens is 251 g/mol. The van der Waals surface area contributed by atoms with Crippen LogP contribution < -0.4 is 0 Å². The van der Waals surface area contributed by atoms with Gasteiger partial charge in [-0.2, -0.15) is 0 Å². The minimum atomic E-state index is -1.61. The van der Waals surface area contributed by atoms with Gasteiger partial charge in [0.25, 0.3) is 0 Å². The standard InChI is InChI=1S/C8H6O6.Ni/c9-4-2-1-3(7(11)12)5(6(4)10)8(13)14;/h1-2,9-10H,(H,11,12)(H,13,14);. The topological polar surface area (TPSA) is 115 Å². The Hall–Kier alpha value is -1.75. The van der Waals surface area contributed by atoms with Crippen molar-refractivity contribution in [2.45, 2.75) is 0 Å². The Morgan fingerprint density at radius 3 is 1.93 bits per heavy atom. The van der Waals surface area contributed by atoms with Crippen molar-refractivity contribution < 1.29 is 46.5 Å². The molecule has 0 saturated heterocycles. The number of carboxylic acid groups (broad SMARTS) is 2. The molecule has 0 unspecified atom stereocenters. The van der Waals surface area contributed by atoms with Crippen molar-refractivity contribution in [3.8, 4) is 11.5 Å². The van der Waals surface area contributed by atoms with Crippen molar-refractivity contribution >= 4 is 11.9 Å². The van der Waals surface area contributed by atoms with Gasteiger partial charge in [-0.25, -0.2) is 9.59 Å². The third-order valence-electron chi connectivity index (χ3n) is 1.60. The average Bonchev–Trinajstić information content (AvgIpc) is 2.08. The summed E-state index contributed by atoms with van der Waals surface area (Å²) >= 11 is 0. The molecule has 1 aromatic carbocycles. The molecule has 0 aliphatic heterocycles. The Bertz CT molecular complexity index is 414. The van der Waals surface area contributed by atoms with E-state index in [2.05, 4.69) is 0 Å². The van der Waals surface area contributed by atoms with Gasteiger partial charge in [-0.3, -0.25) is 0 Å². The minimum absolute atomic E-state index is 0. The molecule has 0 saturated carbocycles. The summed E-state index contributed by atoms with van der Waals surface area (Å²) in [5.41, 5.74) is -1.40. The van der Waals surface area contributed by atoms with Gasteiger partial charge in [0.1, 0.15) is 5.56 Å². The van der Waals surface area contributed by atoms with Crippen LogP contribution in [0, 0.1) is 0 Å². The van der Waals surface area contributed by atoms with E-state index in [9.17, 15) is 9.59 Å².